The second-order valence-corrected chi connectivity index (χ2v) is 29.0. The Morgan fingerprint density at radius 2 is 0.870 bits per heavy atom. The Labute approximate surface area is 447 Å². The standard InChI is InChI=1S/C13H20ClFN3O4P.C11H18ClFN3O12P3.C11H16ClFN3O6P/c1-23(2,21)6-4-13(7-14)10(19)9(15)11(22-13)18-5-3-8(16)17-12(18)20;12-5-11(2-4-29(19,20)27-31(24,25)28-30(21,22)23)8(17)7(13)9(26-11)16-3-1-6(14)15-10(16)18;12-5-11(2-4-23(19,20)21)8(17)7(13)9(22-11)16-3-1-6(14)15-10(16)18/h3,5,9-11,19H,4,6-7H2,1-2H3,(H2,16,17,20);1,3,7-9,17H,2,4-5H2,(H,19,20)(H,24,25)(H2,14,15,18)(H2,21,22,23);1,3,7-9,17H,2,4-5H2,(H2,14,15,18)(H2,19,20,21)/t9-,10+,11-,13+;2*7-,8+,9-,11+/m111/s1. The van der Waals surface area contributed by atoms with Gasteiger partial charge in [-0.25, -0.2) is 41.0 Å². The SMILES string of the molecule is CP(C)(=O)CC[C@@]1(CCl)O[C@@H](n2ccc(N)nc2=O)[C@H](F)[C@@H]1O.Nc1ccn([C@@H]2O[C@](CCl)(CCP(=O)(O)O)[C@@H](O)[C@H]2F)c(=O)n1.Nc1ccn([C@@H]2O[C@](CCl)(CCP(=O)(O)OP(=O)(O)OP(=O)(O)O)[C@@H](O)[C@H]2F)c(=O)n1. The number of aliphatic hydroxyl groups is 3. The number of nitrogens with two attached hydrogens (primary N) is 3. The van der Waals surface area contributed by atoms with E-state index in [4.69, 9.17) is 85.8 Å². The number of ether oxygens (including phenoxy) is 3. The van der Waals surface area contributed by atoms with Crippen molar-refractivity contribution >= 4 is 90.2 Å². The van der Waals surface area contributed by atoms with Gasteiger partial charge in [0.2, 0.25) is 0 Å². The maximum atomic E-state index is 14.7. The fourth-order valence-corrected chi connectivity index (χ4v) is 14.0. The number of hydrogen-bond acceptors (Lipinski definition) is 22. The summed E-state index contributed by atoms with van der Waals surface area (Å²) in [5.41, 5.74) is 8.22. The van der Waals surface area contributed by atoms with Gasteiger partial charge in [-0.15, -0.1) is 34.8 Å². The van der Waals surface area contributed by atoms with Gasteiger partial charge in [0.05, 0.1) is 37.1 Å². The Morgan fingerprint density at radius 3 is 1.13 bits per heavy atom. The molecule has 0 saturated carbocycles. The van der Waals surface area contributed by atoms with Crippen molar-refractivity contribution in [1.29, 1.82) is 0 Å². The van der Waals surface area contributed by atoms with Crippen LogP contribution in [0, 0.1) is 0 Å². The monoisotopic (exact) mass is 1270 g/mol. The summed E-state index contributed by atoms with van der Waals surface area (Å²) in [6.07, 6.45) is -15.1. The van der Waals surface area contributed by atoms with Gasteiger partial charge >= 0.3 is 47.9 Å². The van der Waals surface area contributed by atoms with Crippen molar-refractivity contribution in [3.05, 3.63) is 68.2 Å². The smallest absolute Gasteiger partial charge is 0.387 e. The molecule has 31 nitrogen and oxygen atoms in total. The van der Waals surface area contributed by atoms with Crippen LogP contribution in [0.2, 0.25) is 0 Å². The third-order valence-corrected chi connectivity index (χ3v) is 19.4. The van der Waals surface area contributed by atoms with Gasteiger partial charge in [-0.3, -0.25) is 22.8 Å². The van der Waals surface area contributed by atoms with Gasteiger partial charge in [-0.05, 0) is 50.8 Å². The lowest BCUT2D eigenvalue weighted by Gasteiger charge is -2.30. The van der Waals surface area contributed by atoms with Crippen molar-refractivity contribution in [3.63, 3.8) is 0 Å². The number of rotatable bonds is 19. The first kappa shape index (κ1) is 66.8. The van der Waals surface area contributed by atoms with E-state index in [1.807, 2.05) is 0 Å². The minimum Gasteiger partial charge on any atom is -0.387 e. The van der Waals surface area contributed by atoms with Crippen LogP contribution in [0.1, 0.15) is 37.9 Å². The third-order valence-electron chi connectivity index (χ3n) is 11.6. The van der Waals surface area contributed by atoms with Crippen molar-refractivity contribution in [2.45, 2.75) is 91.6 Å². The predicted octanol–water partition coefficient (Wildman–Crippen LogP) is 0.475. The van der Waals surface area contributed by atoms with Crippen LogP contribution in [0.25, 0.3) is 0 Å². The average molecular weight is 1270 g/mol. The van der Waals surface area contributed by atoms with Crippen LogP contribution in [-0.2, 0) is 45.7 Å². The molecule has 0 aromatic carbocycles. The minimum absolute atomic E-state index is 0.00159. The Morgan fingerprint density at radius 1 is 0.571 bits per heavy atom. The summed E-state index contributed by atoms with van der Waals surface area (Å²) in [5.74, 6) is -1.49. The maximum absolute atomic E-state index is 14.7. The van der Waals surface area contributed by atoms with Crippen molar-refractivity contribution in [2.75, 3.05) is 66.7 Å². The zero-order valence-corrected chi connectivity index (χ0v) is 46.5. The lowest BCUT2D eigenvalue weighted by Crippen LogP contribution is -2.44. The molecule has 14 atom stereocenters. The molecule has 6 heterocycles. The molecule has 6 rings (SSSR count). The van der Waals surface area contributed by atoms with E-state index in [2.05, 4.69) is 23.6 Å². The number of hydrogen-bond donors (Lipinski definition) is 12. The first-order valence-electron chi connectivity index (χ1n) is 21.6. The van der Waals surface area contributed by atoms with Crippen molar-refractivity contribution in [3.8, 4) is 0 Å². The molecule has 3 aromatic rings. The van der Waals surface area contributed by atoms with E-state index in [1.165, 1.54) is 18.3 Å². The van der Waals surface area contributed by atoms with E-state index in [1.54, 1.807) is 13.3 Å². The molecule has 3 aromatic heterocycles. The molecule has 0 spiro atoms. The first-order valence-corrected chi connectivity index (χ1v) is 32.6. The van der Waals surface area contributed by atoms with Crippen molar-refractivity contribution in [1.82, 2.24) is 28.7 Å². The van der Waals surface area contributed by atoms with Gasteiger partial charge in [0.15, 0.2) is 37.2 Å². The summed E-state index contributed by atoms with van der Waals surface area (Å²) in [6.45, 7) is 3.18. The zero-order valence-electron chi connectivity index (χ0n) is 39.8. The molecule has 0 aliphatic carbocycles. The number of alkyl halides is 6. The molecule has 0 amide bonds. The van der Waals surface area contributed by atoms with Crippen LogP contribution in [0.15, 0.2) is 51.2 Å². The molecular weight excluding hydrogens is 1220 g/mol. The van der Waals surface area contributed by atoms with Crippen molar-refractivity contribution in [2.24, 2.45) is 0 Å². The molecule has 2 unspecified atom stereocenters. The summed E-state index contributed by atoms with van der Waals surface area (Å²) in [6, 6.07) is 3.73. The van der Waals surface area contributed by atoms with Gasteiger partial charge in [0.1, 0.15) is 52.6 Å². The first-order chi connectivity index (χ1) is 35.2. The van der Waals surface area contributed by atoms with E-state index < -0.39 is 158 Å². The summed E-state index contributed by atoms with van der Waals surface area (Å²) in [5, 5.41) is 30.6. The molecule has 42 heteroatoms. The summed E-state index contributed by atoms with van der Waals surface area (Å²) >= 11 is 17.4. The molecule has 77 heavy (non-hydrogen) atoms. The van der Waals surface area contributed by atoms with Gasteiger partial charge in [0, 0.05) is 24.8 Å². The molecule has 438 valence electrons. The van der Waals surface area contributed by atoms with Crippen LogP contribution in [0.3, 0.4) is 0 Å². The molecular formula is C35H54Cl3F3N9O22P5. The lowest BCUT2D eigenvalue weighted by atomic mass is 9.95. The van der Waals surface area contributed by atoms with Crippen LogP contribution in [0.5, 0.6) is 0 Å². The van der Waals surface area contributed by atoms with E-state index in [9.17, 15) is 75.5 Å². The van der Waals surface area contributed by atoms with Crippen LogP contribution < -0.4 is 34.3 Å². The lowest BCUT2D eigenvalue weighted by molar-refractivity contribution is -0.0920. The van der Waals surface area contributed by atoms with Gasteiger partial charge in [-0.2, -0.15) is 19.3 Å². The maximum Gasteiger partial charge on any atom is 0.488 e. The van der Waals surface area contributed by atoms with E-state index in [-0.39, 0.29) is 42.3 Å². The minimum atomic E-state index is -5.68. The van der Waals surface area contributed by atoms with Crippen molar-refractivity contribution < 1.29 is 104 Å². The number of aromatic nitrogens is 6. The van der Waals surface area contributed by atoms with Gasteiger partial charge in [-0.1, -0.05) is 0 Å². The quantitative estimate of drug-likeness (QED) is 0.0573. The van der Waals surface area contributed by atoms with Gasteiger partial charge in [0.25, 0.3) is 0 Å². The molecule has 3 fully saturated rings. The molecule has 15 N–H and O–H groups in total. The van der Waals surface area contributed by atoms with E-state index >= 15 is 0 Å². The number of nitrogens with zero attached hydrogens (tertiary/aromatic N) is 6. The second kappa shape index (κ2) is 25.6. The Kier molecular flexibility index (Phi) is 22.2. The highest BCUT2D eigenvalue weighted by atomic mass is 35.5. The third kappa shape index (κ3) is 17.2. The number of phosphoric acid groups is 2. The molecule has 0 radical (unpaired) electrons. The molecule has 3 aliphatic heterocycles. The van der Waals surface area contributed by atoms with E-state index in [0.717, 1.165) is 27.6 Å². The highest BCUT2D eigenvalue weighted by Gasteiger charge is 2.59. The number of aliphatic hydroxyl groups excluding tert-OH is 3. The number of halogens is 6. The second-order valence-electron chi connectivity index (χ2n) is 17.8. The summed E-state index contributed by atoms with van der Waals surface area (Å²) < 4.78 is 127. The van der Waals surface area contributed by atoms with Crippen LogP contribution in [0.4, 0.5) is 30.6 Å². The van der Waals surface area contributed by atoms with Crippen LogP contribution in [-0.4, -0.2) is 176 Å². The largest absolute Gasteiger partial charge is 0.488 e. The Balaban J connectivity index is 0.000000254. The van der Waals surface area contributed by atoms with E-state index in [0.29, 0.717) is 4.57 Å². The predicted molar refractivity (Wildman–Crippen MR) is 266 cm³/mol. The fraction of sp³-hybridized carbons (Fsp3) is 0.657. The fourth-order valence-electron chi connectivity index (χ4n) is 7.58. The molecule has 3 saturated heterocycles. The highest BCUT2D eigenvalue weighted by Crippen LogP contribution is 2.66. The molecule has 3 aliphatic rings. The number of nitrogen functional groups attached to an aromatic ring is 3. The number of anilines is 3. The normalized spacial score (nSPS) is 31.1. The average Bonchev–Trinajstić information content (AvgIpc) is 3.81. The zero-order chi connectivity index (χ0) is 58.7. The Hall–Kier alpha value is -2.71. The van der Waals surface area contributed by atoms with Gasteiger partial charge < -0.3 is 80.7 Å². The highest BCUT2D eigenvalue weighted by molar-refractivity contribution is 7.68. The van der Waals surface area contributed by atoms with Crippen LogP contribution >= 0.6 is 72.8 Å². The molecule has 0 bridgehead atoms. The topological polar surface area (TPSA) is 496 Å². The Bertz CT molecular complexity index is 2890. The summed E-state index contributed by atoms with van der Waals surface area (Å²) in [4.78, 5) is 99.8. The summed E-state index contributed by atoms with van der Waals surface area (Å²) in [7, 11) is -23.1.